The maximum absolute atomic E-state index is 6.63. The summed E-state index contributed by atoms with van der Waals surface area (Å²) in [5.74, 6) is 0. The third kappa shape index (κ3) is 4.37. The Hall–Kier alpha value is -3.72. The molecule has 0 radical (unpaired) electrons. The summed E-state index contributed by atoms with van der Waals surface area (Å²) in [6, 6.07) is 19.0. The number of ether oxygens (including phenoxy) is 3. The van der Waals surface area contributed by atoms with Crippen molar-refractivity contribution in [2.45, 2.75) is 31.3 Å². The second-order valence-corrected chi connectivity index (χ2v) is 9.80. The van der Waals surface area contributed by atoms with Crippen LogP contribution in [-0.4, -0.2) is 56.0 Å². The van der Waals surface area contributed by atoms with E-state index in [0.29, 0.717) is 35.6 Å². The summed E-state index contributed by atoms with van der Waals surface area (Å²) in [5.41, 5.74) is 6.36. The second kappa shape index (κ2) is 9.30. The molecule has 2 aliphatic heterocycles. The van der Waals surface area contributed by atoms with Gasteiger partial charge in [-0.2, -0.15) is 4.98 Å². The summed E-state index contributed by atoms with van der Waals surface area (Å²) in [7, 11) is 0. The number of aromatic amines is 1. The van der Waals surface area contributed by atoms with E-state index in [0.717, 1.165) is 35.2 Å². The number of nitrogens with zero attached hydrogens (tertiary/aromatic N) is 4. The number of imidazole rings is 2. The van der Waals surface area contributed by atoms with Crippen molar-refractivity contribution in [1.82, 2.24) is 24.5 Å². The molecule has 0 spiro atoms. The fourth-order valence-electron chi connectivity index (χ4n) is 5.04. The van der Waals surface area contributed by atoms with Gasteiger partial charge >= 0.3 is 0 Å². The quantitative estimate of drug-likeness (QED) is 0.339. The number of fused-ring (bicyclic) bond motifs is 2. The van der Waals surface area contributed by atoms with Crippen LogP contribution in [0.2, 0.25) is 5.02 Å². The van der Waals surface area contributed by atoms with Crippen LogP contribution in [0.4, 0.5) is 0 Å². The Morgan fingerprint density at radius 1 is 1.00 bits per heavy atom. The first kappa shape index (κ1) is 22.5. The first-order valence-electron chi connectivity index (χ1n) is 12.3. The molecule has 3 aromatic heterocycles. The molecule has 186 valence electrons. The average molecular weight is 514 g/mol. The Bertz CT molecular complexity index is 1530. The van der Waals surface area contributed by atoms with Gasteiger partial charge in [0, 0.05) is 31.1 Å². The van der Waals surface area contributed by atoms with Crippen LogP contribution in [0.1, 0.15) is 12.0 Å². The molecule has 0 saturated carbocycles. The molecule has 1 N–H and O–H groups in total. The largest absolute Gasteiger partial charge is 0.456 e. The van der Waals surface area contributed by atoms with Crippen LogP contribution in [-0.2, 0) is 16.0 Å². The molecule has 0 amide bonds. The summed E-state index contributed by atoms with van der Waals surface area (Å²) < 4.78 is 19.6. The molecule has 37 heavy (non-hydrogen) atoms. The molecule has 3 atom stereocenters. The van der Waals surface area contributed by atoms with E-state index < -0.39 is 0 Å². The van der Waals surface area contributed by atoms with Crippen molar-refractivity contribution >= 4 is 22.8 Å². The third-order valence-electron chi connectivity index (χ3n) is 6.96. The fraction of sp³-hybridized carbons (Fsp3) is 0.250. The van der Waals surface area contributed by atoms with Crippen LogP contribution in [0, 0.1) is 0 Å². The Balaban J connectivity index is 1.09. The van der Waals surface area contributed by atoms with Crippen molar-refractivity contribution in [3.63, 3.8) is 0 Å². The van der Waals surface area contributed by atoms with E-state index in [2.05, 4.69) is 51.4 Å². The average Bonchev–Trinajstić information content (AvgIpc) is 3.71. The van der Waals surface area contributed by atoms with Crippen LogP contribution in [0.3, 0.4) is 0 Å². The number of benzene rings is 2. The highest BCUT2D eigenvalue weighted by molar-refractivity contribution is 6.33. The number of aromatic nitrogens is 5. The van der Waals surface area contributed by atoms with E-state index in [4.69, 9.17) is 30.8 Å². The second-order valence-electron chi connectivity index (χ2n) is 9.39. The molecule has 2 saturated heterocycles. The third-order valence-corrected chi connectivity index (χ3v) is 7.25. The van der Waals surface area contributed by atoms with Gasteiger partial charge in [0.25, 0.3) is 6.01 Å². The van der Waals surface area contributed by atoms with Crippen LogP contribution in [0.25, 0.3) is 33.5 Å². The zero-order valence-corrected chi connectivity index (χ0v) is 20.6. The first-order valence-corrected chi connectivity index (χ1v) is 12.7. The zero-order chi connectivity index (χ0) is 24.8. The lowest BCUT2D eigenvalue weighted by molar-refractivity contribution is 0.0273. The monoisotopic (exact) mass is 513 g/mol. The van der Waals surface area contributed by atoms with Gasteiger partial charge in [-0.1, -0.05) is 60.1 Å². The number of nitrogens with one attached hydrogen (secondary N) is 1. The molecular formula is C28H24ClN5O3. The van der Waals surface area contributed by atoms with Gasteiger partial charge in [-0.15, -0.1) is 0 Å². The topological polar surface area (TPSA) is 87.1 Å². The SMILES string of the molecule is Clc1cc2[nH]c(OC3COC4CCOC43)nc2nc1-c1ccc(-c2ccc(Cn3ccnc3)cc2)cc1. The molecular weight excluding hydrogens is 490 g/mol. The lowest BCUT2D eigenvalue weighted by Crippen LogP contribution is -2.32. The predicted molar refractivity (Wildman–Crippen MR) is 140 cm³/mol. The lowest BCUT2D eigenvalue weighted by atomic mass is 10.0. The smallest absolute Gasteiger partial charge is 0.296 e. The van der Waals surface area contributed by atoms with E-state index >= 15 is 0 Å². The van der Waals surface area contributed by atoms with Gasteiger partial charge in [0.2, 0.25) is 0 Å². The molecule has 8 nitrogen and oxygen atoms in total. The number of H-pyrrole nitrogens is 1. The summed E-state index contributed by atoms with van der Waals surface area (Å²) in [5, 5.41) is 0.544. The van der Waals surface area contributed by atoms with Crippen molar-refractivity contribution in [3.8, 4) is 28.4 Å². The van der Waals surface area contributed by atoms with E-state index in [1.165, 1.54) is 5.56 Å². The zero-order valence-electron chi connectivity index (χ0n) is 19.9. The molecule has 2 aliphatic rings. The van der Waals surface area contributed by atoms with Crippen LogP contribution in [0.15, 0.2) is 73.3 Å². The molecule has 5 heterocycles. The van der Waals surface area contributed by atoms with E-state index in [-0.39, 0.29) is 18.3 Å². The molecule has 2 aromatic carbocycles. The minimum absolute atomic E-state index is 0.0493. The van der Waals surface area contributed by atoms with Crippen molar-refractivity contribution in [3.05, 3.63) is 83.9 Å². The molecule has 0 bridgehead atoms. The lowest BCUT2D eigenvalue weighted by Gasteiger charge is -2.15. The van der Waals surface area contributed by atoms with Gasteiger partial charge in [-0.3, -0.25) is 0 Å². The maximum Gasteiger partial charge on any atom is 0.296 e. The summed E-state index contributed by atoms with van der Waals surface area (Å²) >= 11 is 6.63. The van der Waals surface area contributed by atoms with Crippen LogP contribution >= 0.6 is 11.6 Å². The summed E-state index contributed by atoms with van der Waals surface area (Å²) in [6.07, 6.45) is 6.35. The van der Waals surface area contributed by atoms with Crippen molar-refractivity contribution in [1.29, 1.82) is 0 Å². The molecule has 3 unspecified atom stereocenters. The van der Waals surface area contributed by atoms with Crippen molar-refractivity contribution in [2.75, 3.05) is 13.2 Å². The molecule has 9 heteroatoms. The van der Waals surface area contributed by atoms with Gasteiger partial charge < -0.3 is 23.8 Å². The minimum Gasteiger partial charge on any atom is -0.456 e. The van der Waals surface area contributed by atoms with Crippen LogP contribution in [0.5, 0.6) is 6.01 Å². The Morgan fingerprint density at radius 2 is 1.78 bits per heavy atom. The number of pyridine rings is 1. The number of hydrogen-bond acceptors (Lipinski definition) is 6. The normalized spacial score (nSPS) is 20.9. The summed E-state index contributed by atoms with van der Waals surface area (Å²) in [4.78, 5) is 16.6. The standard InChI is InChI=1S/C28H24ClN5O3/c29-21-13-22-27(33-28(31-22)37-24-15-36-23-9-12-35-26(23)24)32-25(21)20-7-5-19(6-8-20)18-3-1-17(2-4-18)14-34-11-10-30-16-34/h1-8,10-11,13,16,23-24,26H,9,12,14-15H2,(H,31,32,33). The minimum atomic E-state index is -0.185. The van der Waals surface area contributed by atoms with Gasteiger partial charge in [0.1, 0.15) is 6.10 Å². The Kier molecular flexibility index (Phi) is 5.65. The highest BCUT2D eigenvalue weighted by Crippen LogP contribution is 2.33. The van der Waals surface area contributed by atoms with E-state index in [9.17, 15) is 0 Å². The molecule has 2 fully saturated rings. The molecule has 5 aromatic rings. The Labute approximate surface area is 218 Å². The van der Waals surface area contributed by atoms with E-state index in [1.807, 2.05) is 35.3 Å². The Morgan fingerprint density at radius 3 is 2.57 bits per heavy atom. The first-order chi connectivity index (χ1) is 18.2. The van der Waals surface area contributed by atoms with Gasteiger partial charge in [-0.05, 0) is 29.2 Å². The van der Waals surface area contributed by atoms with E-state index in [1.54, 1.807) is 6.20 Å². The fourth-order valence-corrected chi connectivity index (χ4v) is 5.30. The highest BCUT2D eigenvalue weighted by Gasteiger charge is 2.43. The number of hydrogen-bond donors (Lipinski definition) is 1. The van der Waals surface area contributed by atoms with Crippen molar-refractivity contribution < 1.29 is 14.2 Å². The molecule has 7 rings (SSSR count). The highest BCUT2D eigenvalue weighted by atomic mass is 35.5. The number of rotatable bonds is 6. The van der Waals surface area contributed by atoms with Gasteiger partial charge in [0.15, 0.2) is 11.8 Å². The predicted octanol–water partition coefficient (Wildman–Crippen LogP) is 5.13. The van der Waals surface area contributed by atoms with Gasteiger partial charge in [0.05, 0.1) is 35.3 Å². The maximum atomic E-state index is 6.63. The van der Waals surface area contributed by atoms with Crippen molar-refractivity contribution in [2.24, 2.45) is 0 Å². The summed E-state index contributed by atoms with van der Waals surface area (Å²) in [6.45, 7) is 1.99. The number of halogens is 1. The van der Waals surface area contributed by atoms with Crippen LogP contribution < -0.4 is 4.74 Å². The van der Waals surface area contributed by atoms with Gasteiger partial charge in [-0.25, -0.2) is 9.97 Å². The molecule has 0 aliphatic carbocycles.